The minimum absolute atomic E-state index is 0.0172. The molecule has 1 unspecified atom stereocenters. The lowest BCUT2D eigenvalue weighted by molar-refractivity contribution is 0.456. The Morgan fingerprint density at radius 3 is 1.83 bits per heavy atom. The molecule has 1 atom stereocenters. The fraction of sp³-hybridized carbons (Fsp3) is 0.0526. The molecule has 0 fully saturated rings. The topological polar surface area (TPSA) is 94.8 Å². The lowest BCUT2D eigenvalue weighted by atomic mass is 9.83. The fourth-order valence-electron chi connectivity index (χ4n) is 3.22. The van der Waals surface area contributed by atoms with Gasteiger partial charge in [-0.3, -0.25) is 4.55 Å². The summed E-state index contributed by atoms with van der Waals surface area (Å²) in [5, 5.41) is 18.9. The Labute approximate surface area is 186 Å². The van der Waals surface area contributed by atoms with E-state index < -0.39 is 14.9 Å². The first-order chi connectivity index (χ1) is 13.5. The second kappa shape index (κ2) is 7.87. The molecule has 0 bridgehead atoms. The zero-order valence-electron chi connectivity index (χ0n) is 14.3. The van der Waals surface area contributed by atoms with Gasteiger partial charge in [-0.25, -0.2) is 0 Å². The maximum absolute atomic E-state index is 13.0. The largest absolute Gasteiger partial charge is 0.508 e. The first kappa shape index (κ1) is 22.0. The van der Waals surface area contributed by atoms with E-state index in [-0.39, 0.29) is 48.3 Å². The minimum atomic E-state index is -5.07. The molecule has 0 saturated carbocycles. The van der Waals surface area contributed by atoms with Gasteiger partial charge in [0.15, 0.2) is 4.75 Å². The smallest absolute Gasteiger partial charge is 0.283 e. The summed E-state index contributed by atoms with van der Waals surface area (Å²) in [6.45, 7) is 0. The number of phenolic OH excluding ortho intramolecular Hbond substituents is 2. The molecule has 5 nitrogen and oxygen atoms in total. The van der Waals surface area contributed by atoms with E-state index in [1.807, 2.05) is 0 Å². The third kappa shape index (κ3) is 3.65. The third-order valence-electron chi connectivity index (χ3n) is 4.37. The molecule has 0 aromatic heterocycles. The van der Waals surface area contributed by atoms with Crippen LogP contribution in [0.2, 0.25) is 20.1 Å². The molecule has 0 amide bonds. The van der Waals surface area contributed by atoms with Crippen LogP contribution >= 0.6 is 46.4 Å². The third-order valence-corrected chi connectivity index (χ3v) is 7.22. The van der Waals surface area contributed by atoms with E-state index in [2.05, 4.69) is 0 Å². The van der Waals surface area contributed by atoms with E-state index in [4.69, 9.17) is 46.4 Å². The normalized spacial score (nSPS) is 13.8. The van der Waals surface area contributed by atoms with Gasteiger partial charge in [0.1, 0.15) is 11.5 Å². The number of aromatic hydroxyl groups is 2. The molecule has 10 heteroatoms. The van der Waals surface area contributed by atoms with Crippen LogP contribution in [-0.4, -0.2) is 23.2 Å². The number of rotatable bonds is 4. The molecular formula is C19H12Cl4O5S. The summed E-state index contributed by atoms with van der Waals surface area (Å²) in [6, 6.07) is 11.4. The Morgan fingerprint density at radius 1 is 0.759 bits per heavy atom. The van der Waals surface area contributed by atoms with Crippen LogP contribution in [0.25, 0.3) is 0 Å². The molecule has 0 heterocycles. The maximum Gasteiger partial charge on any atom is 0.283 e. The minimum Gasteiger partial charge on any atom is -0.508 e. The van der Waals surface area contributed by atoms with Crippen molar-refractivity contribution in [3.05, 3.63) is 91.4 Å². The molecule has 0 aliphatic carbocycles. The second-order valence-electron chi connectivity index (χ2n) is 6.09. The van der Waals surface area contributed by atoms with E-state index in [1.165, 1.54) is 42.5 Å². The average molecular weight is 494 g/mol. The Morgan fingerprint density at radius 2 is 1.31 bits per heavy atom. The number of halogens is 4. The van der Waals surface area contributed by atoms with Crippen molar-refractivity contribution in [1.29, 1.82) is 0 Å². The average Bonchev–Trinajstić information content (AvgIpc) is 2.60. The molecule has 0 saturated heterocycles. The predicted molar refractivity (Wildman–Crippen MR) is 114 cm³/mol. The van der Waals surface area contributed by atoms with E-state index in [1.54, 1.807) is 0 Å². The van der Waals surface area contributed by atoms with Crippen molar-refractivity contribution >= 4 is 56.5 Å². The van der Waals surface area contributed by atoms with Crippen molar-refractivity contribution < 1.29 is 23.2 Å². The van der Waals surface area contributed by atoms with Gasteiger partial charge >= 0.3 is 0 Å². The monoisotopic (exact) mass is 492 g/mol. The zero-order chi connectivity index (χ0) is 21.6. The van der Waals surface area contributed by atoms with Crippen LogP contribution in [0.1, 0.15) is 16.7 Å². The van der Waals surface area contributed by atoms with Crippen molar-refractivity contribution in [2.75, 3.05) is 0 Å². The van der Waals surface area contributed by atoms with Gasteiger partial charge in [0, 0.05) is 11.1 Å². The lowest BCUT2D eigenvalue weighted by Crippen LogP contribution is -2.39. The predicted octanol–water partition coefficient (Wildman–Crippen LogP) is 5.89. The summed E-state index contributed by atoms with van der Waals surface area (Å²) >= 11 is 25.1. The van der Waals surface area contributed by atoms with Gasteiger partial charge in [0.2, 0.25) is 0 Å². The summed E-state index contributed by atoms with van der Waals surface area (Å²) < 4.78 is 34.1. The molecule has 29 heavy (non-hydrogen) atoms. The van der Waals surface area contributed by atoms with Crippen LogP contribution in [0, 0.1) is 0 Å². The highest BCUT2D eigenvalue weighted by Gasteiger charge is 2.52. The first-order valence-electron chi connectivity index (χ1n) is 7.89. The number of phenols is 2. The molecule has 3 aromatic rings. The summed E-state index contributed by atoms with van der Waals surface area (Å²) in [5.41, 5.74) is -0.373. The van der Waals surface area contributed by atoms with Gasteiger partial charge < -0.3 is 10.2 Å². The van der Waals surface area contributed by atoms with E-state index >= 15 is 0 Å². The van der Waals surface area contributed by atoms with Crippen molar-refractivity contribution in [2.45, 2.75) is 4.75 Å². The number of benzene rings is 3. The Balaban J connectivity index is 2.63. The summed E-state index contributed by atoms with van der Waals surface area (Å²) in [7, 11) is -5.07. The SMILES string of the molecule is O=S(=O)(O)C(c1ccc(O)cc1)(c1cccc(Cl)c1Cl)c1c(Cl)cc(O)cc1Cl. The van der Waals surface area contributed by atoms with E-state index in [0.29, 0.717) is 0 Å². The van der Waals surface area contributed by atoms with Crippen LogP contribution in [0.3, 0.4) is 0 Å². The van der Waals surface area contributed by atoms with Crippen LogP contribution < -0.4 is 0 Å². The molecule has 0 aliphatic heterocycles. The highest BCUT2D eigenvalue weighted by molar-refractivity contribution is 7.87. The fourth-order valence-corrected chi connectivity index (χ4v) is 5.95. The van der Waals surface area contributed by atoms with Gasteiger partial charge in [-0.05, 0) is 35.9 Å². The summed E-state index contributed by atoms with van der Waals surface area (Å²) in [4.78, 5) is 0. The zero-order valence-corrected chi connectivity index (χ0v) is 18.1. The summed E-state index contributed by atoms with van der Waals surface area (Å²) in [5.74, 6) is -0.450. The summed E-state index contributed by atoms with van der Waals surface area (Å²) in [6.07, 6.45) is 0. The van der Waals surface area contributed by atoms with E-state index in [0.717, 1.165) is 12.1 Å². The Hall–Kier alpha value is -1.67. The molecular weight excluding hydrogens is 482 g/mol. The molecule has 0 radical (unpaired) electrons. The van der Waals surface area contributed by atoms with E-state index in [9.17, 15) is 23.2 Å². The molecule has 0 aliphatic rings. The highest BCUT2D eigenvalue weighted by atomic mass is 35.5. The van der Waals surface area contributed by atoms with Crippen LogP contribution in [-0.2, 0) is 14.9 Å². The second-order valence-corrected chi connectivity index (χ2v) is 9.25. The molecule has 152 valence electrons. The van der Waals surface area contributed by atoms with Crippen LogP contribution in [0.4, 0.5) is 0 Å². The maximum atomic E-state index is 13.0. The first-order valence-corrected chi connectivity index (χ1v) is 10.8. The van der Waals surface area contributed by atoms with Gasteiger partial charge in [0.05, 0.1) is 20.1 Å². The van der Waals surface area contributed by atoms with Crippen molar-refractivity contribution in [3.8, 4) is 11.5 Å². The number of hydrogen-bond donors (Lipinski definition) is 3. The quantitative estimate of drug-likeness (QED) is 0.311. The molecule has 3 N–H and O–H groups in total. The van der Waals surface area contributed by atoms with Crippen LogP contribution in [0.15, 0.2) is 54.6 Å². The molecule has 3 rings (SSSR count). The van der Waals surface area contributed by atoms with Crippen LogP contribution in [0.5, 0.6) is 11.5 Å². The lowest BCUT2D eigenvalue weighted by Gasteiger charge is -2.34. The molecule has 0 spiro atoms. The standard InChI is InChI=1S/C19H12Cl4O5S/c20-14-3-1-2-13(18(14)23)19(29(26,27)28,10-4-6-11(24)7-5-10)17-15(21)8-12(25)9-16(17)22/h1-9,24-25H,(H,26,27,28). The number of hydrogen-bond acceptors (Lipinski definition) is 4. The van der Waals surface area contributed by atoms with Gasteiger partial charge in [0.25, 0.3) is 10.1 Å². The van der Waals surface area contributed by atoms with Crippen molar-refractivity contribution in [2.24, 2.45) is 0 Å². The van der Waals surface area contributed by atoms with Crippen molar-refractivity contribution in [1.82, 2.24) is 0 Å². The highest BCUT2D eigenvalue weighted by Crippen LogP contribution is 2.52. The molecule has 3 aromatic carbocycles. The Kier molecular flexibility index (Phi) is 5.98. The van der Waals surface area contributed by atoms with Gasteiger partial charge in [-0.2, -0.15) is 8.42 Å². The Bertz CT molecular complexity index is 1170. The van der Waals surface area contributed by atoms with Gasteiger partial charge in [-0.15, -0.1) is 0 Å². The van der Waals surface area contributed by atoms with Crippen molar-refractivity contribution in [3.63, 3.8) is 0 Å². The van der Waals surface area contributed by atoms with Gasteiger partial charge in [-0.1, -0.05) is 70.7 Å².